The molecule has 2 aromatic carbocycles. The first-order valence-electron chi connectivity index (χ1n) is 8.26. The van der Waals surface area contributed by atoms with Crippen molar-refractivity contribution in [3.8, 4) is 12.3 Å². The van der Waals surface area contributed by atoms with E-state index in [1.54, 1.807) is 0 Å². The topological polar surface area (TPSA) is 3.24 Å². The van der Waals surface area contributed by atoms with Gasteiger partial charge in [0.25, 0.3) is 0 Å². The molecule has 0 saturated carbocycles. The number of nitrogens with zero attached hydrogens (tertiary/aromatic N) is 1. The highest BCUT2D eigenvalue weighted by Crippen LogP contribution is 2.25. The Balaban J connectivity index is 2.21. The van der Waals surface area contributed by atoms with Crippen molar-refractivity contribution in [2.24, 2.45) is 5.41 Å². The first kappa shape index (κ1) is 17.3. The minimum absolute atomic E-state index is 0.135. The zero-order valence-corrected chi connectivity index (χ0v) is 14.5. The standard InChI is InChI=1S/C22H27N/c1-5-21(16-22(2,3)4)23(17-19-12-8-6-9-13-19)18-20-14-10-7-11-15-20/h1,6-15,21H,16-18H2,2-4H3/t21-/m1/s1. The molecule has 0 aliphatic carbocycles. The third-order valence-corrected chi connectivity index (χ3v) is 3.90. The van der Waals surface area contributed by atoms with Crippen LogP contribution >= 0.6 is 0 Å². The van der Waals surface area contributed by atoms with E-state index in [4.69, 9.17) is 6.42 Å². The molecule has 0 N–H and O–H groups in total. The summed E-state index contributed by atoms with van der Waals surface area (Å²) in [5.74, 6) is 3.03. The van der Waals surface area contributed by atoms with Gasteiger partial charge in [-0.2, -0.15) is 0 Å². The molecule has 0 aliphatic heterocycles. The maximum Gasteiger partial charge on any atom is 0.0722 e. The van der Waals surface area contributed by atoms with Crippen molar-refractivity contribution >= 4 is 0 Å². The number of rotatable bonds is 6. The highest BCUT2D eigenvalue weighted by molar-refractivity contribution is 5.18. The van der Waals surface area contributed by atoms with Crippen molar-refractivity contribution in [3.63, 3.8) is 0 Å². The molecule has 2 rings (SSSR count). The lowest BCUT2D eigenvalue weighted by atomic mass is 9.87. The number of terminal acetylenes is 1. The first-order chi connectivity index (χ1) is 11.0. The lowest BCUT2D eigenvalue weighted by Crippen LogP contribution is -2.36. The smallest absolute Gasteiger partial charge is 0.0722 e. The van der Waals surface area contributed by atoms with Gasteiger partial charge in [-0.1, -0.05) is 87.4 Å². The average Bonchev–Trinajstić information content (AvgIpc) is 2.53. The molecule has 1 heteroatoms. The largest absolute Gasteiger partial charge is 0.281 e. The summed E-state index contributed by atoms with van der Waals surface area (Å²) in [6.07, 6.45) is 6.89. The van der Waals surface area contributed by atoms with E-state index in [2.05, 4.69) is 92.3 Å². The predicted molar refractivity (Wildman–Crippen MR) is 98.8 cm³/mol. The quantitative estimate of drug-likeness (QED) is 0.669. The second kappa shape index (κ2) is 7.99. The van der Waals surface area contributed by atoms with Gasteiger partial charge < -0.3 is 0 Å². The van der Waals surface area contributed by atoms with Crippen LogP contribution in [-0.2, 0) is 13.1 Å². The molecule has 0 heterocycles. The van der Waals surface area contributed by atoms with Gasteiger partial charge in [-0.15, -0.1) is 6.42 Å². The van der Waals surface area contributed by atoms with Gasteiger partial charge in [-0.3, -0.25) is 4.90 Å². The van der Waals surface area contributed by atoms with Crippen LogP contribution in [0.4, 0.5) is 0 Å². The third kappa shape index (κ3) is 5.93. The maximum atomic E-state index is 5.90. The molecule has 0 amide bonds. The molecule has 0 radical (unpaired) electrons. The van der Waals surface area contributed by atoms with Crippen LogP contribution in [0.1, 0.15) is 38.3 Å². The van der Waals surface area contributed by atoms with E-state index >= 15 is 0 Å². The Labute approximate surface area is 141 Å². The van der Waals surface area contributed by atoms with Crippen LogP contribution in [0.25, 0.3) is 0 Å². The molecule has 0 bridgehead atoms. The Hall–Kier alpha value is -2.04. The summed E-state index contributed by atoms with van der Waals surface area (Å²) in [6.45, 7) is 8.50. The normalized spacial score (nSPS) is 12.8. The van der Waals surface area contributed by atoms with Crippen LogP contribution in [0.15, 0.2) is 60.7 Å². The Morgan fingerprint density at radius 3 is 1.65 bits per heavy atom. The fraction of sp³-hybridized carbons (Fsp3) is 0.364. The number of benzene rings is 2. The van der Waals surface area contributed by atoms with E-state index in [0.717, 1.165) is 19.5 Å². The van der Waals surface area contributed by atoms with Crippen LogP contribution in [0.5, 0.6) is 0 Å². The van der Waals surface area contributed by atoms with Crippen LogP contribution in [-0.4, -0.2) is 10.9 Å². The molecule has 0 fully saturated rings. The van der Waals surface area contributed by atoms with E-state index < -0.39 is 0 Å². The fourth-order valence-corrected chi connectivity index (χ4v) is 2.79. The first-order valence-corrected chi connectivity index (χ1v) is 8.26. The van der Waals surface area contributed by atoms with E-state index in [9.17, 15) is 0 Å². The van der Waals surface area contributed by atoms with Crippen molar-refractivity contribution in [2.45, 2.75) is 46.3 Å². The highest BCUT2D eigenvalue weighted by Gasteiger charge is 2.23. The van der Waals surface area contributed by atoms with Gasteiger partial charge in [0.05, 0.1) is 6.04 Å². The summed E-state index contributed by atoms with van der Waals surface area (Å²) < 4.78 is 0. The van der Waals surface area contributed by atoms with Crippen molar-refractivity contribution in [3.05, 3.63) is 71.8 Å². The predicted octanol–water partition coefficient (Wildman–Crippen LogP) is 5.13. The van der Waals surface area contributed by atoms with Crippen LogP contribution in [0, 0.1) is 17.8 Å². The minimum Gasteiger partial charge on any atom is -0.281 e. The van der Waals surface area contributed by atoms with Crippen LogP contribution < -0.4 is 0 Å². The SMILES string of the molecule is C#C[C@H](CC(C)(C)C)N(Cc1ccccc1)Cc1ccccc1. The summed E-state index contributed by atoms with van der Waals surface area (Å²) in [4.78, 5) is 2.41. The maximum absolute atomic E-state index is 5.90. The van der Waals surface area contributed by atoms with Gasteiger partial charge in [0.1, 0.15) is 0 Å². The Morgan fingerprint density at radius 2 is 1.30 bits per heavy atom. The molecule has 0 unspecified atom stereocenters. The monoisotopic (exact) mass is 305 g/mol. The zero-order valence-electron chi connectivity index (χ0n) is 14.5. The molecule has 0 spiro atoms. The summed E-state index contributed by atoms with van der Waals surface area (Å²) >= 11 is 0. The highest BCUT2D eigenvalue weighted by atomic mass is 15.1. The van der Waals surface area contributed by atoms with Gasteiger partial charge in [0, 0.05) is 13.1 Å². The number of hydrogen-bond donors (Lipinski definition) is 0. The van der Waals surface area contributed by atoms with E-state index in [1.807, 2.05) is 0 Å². The van der Waals surface area contributed by atoms with Gasteiger partial charge in [-0.25, -0.2) is 0 Å². The Morgan fingerprint density at radius 1 is 0.870 bits per heavy atom. The summed E-state index contributed by atoms with van der Waals surface area (Å²) in [6, 6.07) is 21.3. The van der Waals surface area contributed by atoms with Gasteiger partial charge in [0.2, 0.25) is 0 Å². The molecule has 1 atom stereocenters. The minimum atomic E-state index is 0.135. The van der Waals surface area contributed by atoms with E-state index in [1.165, 1.54) is 11.1 Å². The molecule has 120 valence electrons. The molecular weight excluding hydrogens is 278 g/mol. The molecule has 0 saturated heterocycles. The van der Waals surface area contributed by atoms with Gasteiger partial charge >= 0.3 is 0 Å². The second-order valence-electron chi connectivity index (χ2n) is 7.32. The zero-order chi connectivity index (χ0) is 16.7. The van der Waals surface area contributed by atoms with Gasteiger partial charge in [-0.05, 0) is 23.0 Å². The van der Waals surface area contributed by atoms with Crippen LogP contribution in [0.2, 0.25) is 0 Å². The molecule has 0 aliphatic rings. The molecular formula is C22H27N. The van der Waals surface area contributed by atoms with E-state index in [0.29, 0.717) is 0 Å². The van der Waals surface area contributed by atoms with Crippen molar-refractivity contribution in [1.82, 2.24) is 4.90 Å². The summed E-state index contributed by atoms with van der Waals surface area (Å²) in [5.41, 5.74) is 2.82. The van der Waals surface area contributed by atoms with Crippen molar-refractivity contribution in [2.75, 3.05) is 0 Å². The molecule has 23 heavy (non-hydrogen) atoms. The lowest BCUT2D eigenvalue weighted by Gasteiger charge is -2.33. The summed E-state index contributed by atoms with van der Waals surface area (Å²) in [7, 11) is 0. The molecule has 2 aromatic rings. The Kier molecular flexibility index (Phi) is 6.02. The lowest BCUT2D eigenvalue weighted by molar-refractivity contribution is 0.170. The van der Waals surface area contributed by atoms with Crippen molar-refractivity contribution < 1.29 is 0 Å². The summed E-state index contributed by atoms with van der Waals surface area (Å²) in [5, 5.41) is 0. The fourth-order valence-electron chi connectivity index (χ4n) is 2.79. The number of hydrogen-bond acceptors (Lipinski definition) is 1. The molecule has 0 aromatic heterocycles. The average molecular weight is 305 g/mol. The van der Waals surface area contributed by atoms with Crippen molar-refractivity contribution in [1.29, 1.82) is 0 Å². The van der Waals surface area contributed by atoms with Crippen LogP contribution in [0.3, 0.4) is 0 Å². The van der Waals surface area contributed by atoms with Gasteiger partial charge in [0.15, 0.2) is 0 Å². The Bertz CT molecular complexity index is 575. The third-order valence-electron chi connectivity index (χ3n) is 3.90. The second-order valence-corrected chi connectivity index (χ2v) is 7.32. The molecule has 1 nitrogen and oxygen atoms in total. The van der Waals surface area contributed by atoms with E-state index in [-0.39, 0.29) is 11.5 Å².